The Morgan fingerprint density at radius 2 is 2.00 bits per heavy atom. The predicted molar refractivity (Wildman–Crippen MR) is 87.3 cm³/mol. The minimum atomic E-state index is -0.173. The van der Waals surface area contributed by atoms with Crippen LogP contribution < -0.4 is 10.1 Å². The molecule has 2 aliphatic rings. The first-order valence-corrected chi connectivity index (χ1v) is 8.34. The Bertz CT molecular complexity index is 578. The molecule has 124 valence electrons. The third kappa shape index (κ3) is 4.03. The molecule has 5 heteroatoms. The minimum Gasteiger partial charge on any atom is -0.484 e. The summed E-state index contributed by atoms with van der Waals surface area (Å²) in [5.41, 5.74) is 1.24. The number of hydrogen-bond donors (Lipinski definition) is 1. The van der Waals surface area contributed by atoms with Crippen LogP contribution in [-0.2, 0) is 9.59 Å². The van der Waals surface area contributed by atoms with Gasteiger partial charge >= 0.3 is 0 Å². The molecule has 2 fully saturated rings. The van der Waals surface area contributed by atoms with Crippen molar-refractivity contribution in [2.75, 3.05) is 13.2 Å². The smallest absolute Gasteiger partial charge is 0.258 e. The highest BCUT2D eigenvalue weighted by atomic mass is 16.5. The second-order valence-electron chi connectivity index (χ2n) is 6.76. The van der Waals surface area contributed by atoms with Crippen molar-refractivity contribution >= 4 is 11.8 Å². The van der Waals surface area contributed by atoms with Crippen molar-refractivity contribution in [1.29, 1.82) is 0 Å². The second-order valence-corrected chi connectivity index (χ2v) is 6.76. The molecule has 0 unspecified atom stereocenters. The van der Waals surface area contributed by atoms with Gasteiger partial charge in [0.05, 0.1) is 6.04 Å². The fourth-order valence-electron chi connectivity index (χ4n) is 2.93. The third-order valence-electron chi connectivity index (χ3n) is 4.43. The molecule has 0 bridgehead atoms. The van der Waals surface area contributed by atoms with E-state index in [4.69, 9.17) is 4.74 Å². The quantitative estimate of drug-likeness (QED) is 0.874. The van der Waals surface area contributed by atoms with Crippen LogP contribution in [-0.4, -0.2) is 41.9 Å². The highest BCUT2D eigenvalue weighted by Gasteiger charge is 2.39. The average Bonchev–Trinajstić information content (AvgIpc) is 3.30. The maximum atomic E-state index is 12.0. The van der Waals surface area contributed by atoms with Crippen molar-refractivity contribution in [3.05, 3.63) is 29.8 Å². The summed E-state index contributed by atoms with van der Waals surface area (Å²) in [7, 11) is 0. The summed E-state index contributed by atoms with van der Waals surface area (Å²) in [6.45, 7) is 4.89. The maximum absolute atomic E-state index is 12.0. The summed E-state index contributed by atoms with van der Waals surface area (Å²) < 4.78 is 5.52. The van der Waals surface area contributed by atoms with E-state index in [9.17, 15) is 9.59 Å². The van der Waals surface area contributed by atoms with Crippen LogP contribution in [0.1, 0.15) is 44.6 Å². The minimum absolute atomic E-state index is 0.0187. The van der Waals surface area contributed by atoms with Gasteiger partial charge in [-0.3, -0.25) is 9.59 Å². The number of nitrogens with one attached hydrogen (secondary N) is 1. The Morgan fingerprint density at radius 1 is 1.30 bits per heavy atom. The van der Waals surface area contributed by atoms with Crippen molar-refractivity contribution in [2.45, 2.75) is 51.1 Å². The molecule has 5 nitrogen and oxygen atoms in total. The number of amides is 2. The van der Waals surface area contributed by atoms with Crippen molar-refractivity contribution in [3.8, 4) is 5.75 Å². The van der Waals surface area contributed by atoms with Gasteiger partial charge in [0.25, 0.3) is 5.91 Å². The maximum Gasteiger partial charge on any atom is 0.258 e. The molecule has 0 radical (unpaired) electrons. The Balaban J connectivity index is 1.43. The molecule has 1 saturated heterocycles. The highest BCUT2D eigenvalue weighted by Crippen LogP contribution is 2.30. The zero-order chi connectivity index (χ0) is 16.4. The van der Waals surface area contributed by atoms with E-state index in [1.165, 1.54) is 5.56 Å². The largest absolute Gasteiger partial charge is 0.484 e. The molecule has 3 rings (SSSR count). The molecule has 1 aromatic rings. The van der Waals surface area contributed by atoms with Crippen molar-refractivity contribution in [2.24, 2.45) is 0 Å². The van der Waals surface area contributed by atoms with E-state index in [1.807, 2.05) is 29.2 Å². The standard InChI is InChI=1S/C18H24N2O3/c1-12(2)13-3-7-16(8-4-13)23-11-17(21)19-14-9-18(22)20(10-14)15-5-6-15/h3-4,7-8,12,14-15H,5-6,9-11H2,1-2H3,(H,19,21)/t14-/m1/s1. The van der Waals surface area contributed by atoms with Crippen molar-refractivity contribution in [1.82, 2.24) is 10.2 Å². The zero-order valence-electron chi connectivity index (χ0n) is 13.7. The summed E-state index contributed by atoms with van der Waals surface area (Å²) in [5.74, 6) is 1.14. The van der Waals surface area contributed by atoms with Gasteiger partial charge in [0.2, 0.25) is 5.91 Å². The summed E-state index contributed by atoms with van der Waals surface area (Å²) in [4.78, 5) is 25.7. The molecule has 2 amide bonds. The summed E-state index contributed by atoms with van der Waals surface area (Å²) in [5, 5.41) is 2.90. The van der Waals surface area contributed by atoms with E-state index in [2.05, 4.69) is 19.2 Å². The first-order valence-electron chi connectivity index (χ1n) is 8.34. The van der Waals surface area contributed by atoms with Gasteiger partial charge in [-0.15, -0.1) is 0 Å². The molecule has 1 aliphatic heterocycles. The number of nitrogens with zero attached hydrogens (tertiary/aromatic N) is 1. The van der Waals surface area contributed by atoms with Gasteiger partial charge < -0.3 is 15.0 Å². The van der Waals surface area contributed by atoms with Gasteiger partial charge in [0, 0.05) is 19.0 Å². The number of benzene rings is 1. The van der Waals surface area contributed by atoms with E-state index in [1.54, 1.807) is 0 Å². The molecule has 0 aromatic heterocycles. The SMILES string of the molecule is CC(C)c1ccc(OCC(=O)N[C@@H]2CC(=O)N(C3CC3)C2)cc1. The number of hydrogen-bond acceptors (Lipinski definition) is 3. The molecule has 23 heavy (non-hydrogen) atoms. The van der Waals surface area contributed by atoms with Crippen LogP contribution in [0.3, 0.4) is 0 Å². The van der Waals surface area contributed by atoms with Gasteiger partial charge in [-0.05, 0) is 36.5 Å². The zero-order valence-corrected chi connectivity index (χ0v) is 13.7. The monoisotopic (exact) mass is 316 g/mol. The molecule has 1 aromatic carbocycles. The van der Waals surface area contributed by atoms with Crippen LogP contribution in [0.2, 0.25) is 0 Å². The molecule has 1 heterocycles. The lowest BCUT2D eigenvalue weighted by molar-refractivity contribution is -0.128. The molecule has 1 aliphatic carbocycles. The molecule has 0 spiro atoms. The van der Waals surface area contributed by atoms with E-state index >= 15 is 0 Å². The second kappa shape index (κ2) is 6.60. The summed E-state index contributed by atoms with van der Waals surface area (Å²) in [6, 6.07) is 8.14. The first-order chi connectivity index (χ1) is 11.0. The average molecular weight is 316 g/mol. The normalized spacial score (nSPS) is 20.9. The predicted octanol–water partition coefficient (Wildman–Crippen LogP) is 2.07. The van der Waals surface area contributed by atoms with Crippen LogP contribution >= 0.6 is 0 Å². The van der Waals surface area contributed by atoms with Crippen LogP contribution in [0.25, 0.3) is 0 Å². The molecular weight excluding hydrogens is 292 g/mol. The molecule has 1 saturated carbocycles. The number of carbonyl (C=O) groups is 2. The fraction of sp³-hybridized carbons (Fsp3) is 0.556. The Kier molecular flexibility index (Phi) is 4.55. The summed E-state index contributed by atoms with van der Waals surface area (Å²) in [6.07, 6.45) is 2.61. The van der Waals surface area contributed by atoms with Crippen molar-refractivity contribution < 1.29 is 14.3 Å². The lowest BCUT2D eigenvalue weighted by Gasteiger charge is -2.16. The van der Waals surface area contributed by atoms with Gasteiger partial charge in [0.1, 0.15) is 5.75 Å². The first kappa shape index (κ1) is 15.8. The molecule has 1 N–H and O–H groups in total. The number of likely N-dealkylation sites (tertiary alicyclic amines) is 1. The number of ether oxygens (including phenoxy) is 1. The van der Waals surface area contributed by atoms with E-state index in [0.717, 1.165) is 12.8 Å². The van der Waals surface area contributed by atoms with E-state index in [0.29, 0.717) is 30.7 Å². The lowest BCUT2D eigenvalue weighted by Crippen LogP contribution is -2.40. The fourth-order valence-corrected chi connectivity index (χ4v) is 2.93. The Labute approximate surface area is 137 Å². The van der Waals surface area contributed by atoms with Crippen LogP contribution in [0.15, 0.2) is 24.3 Å². The molecule has 1 atom stereocenters. The van der Waals surface area contributed by atoms with Gasteiger partial charge in [0.15, 0.2) is 6.61 Å². The Hall–Kier alpha value is -2.04. The highest BCUT2D eigenvalue weighted by molar-refractivity contribution is 5.83. The van der Waals surface area contributed by atoms with E-state index < -0.39 is 0 Å². The number of carbonyl (C=O) groups excluding carboxylic acids is 2. The number of rotatable bonds is 6. The van der Waals surface area contributed by atoms with Crippen LogP contribution in [0, 0.1) is 0 Å². The third-order valence-corrected chi connectivity index (χ3v) is 4.43. The van der Waals surface area contributed by atoms with Crippen LogP contribution in [0.5, 0.6) is 5.75 Å². The van der Waals surface area contributed by atoms with Gasteiger partial charge in [-0.1, -0.05) is 26.0 Å². The Morgan fingerprint density at radius 3 is 2.61 bits per heavy atom. The molecular formula is C18H24N2O3. The van der Waals surface area contributed by atoms with Crippen LogP contribution in [0.4, 0.5) is 0 Å². The van der Waals surface area contributed by atoms with Crippen molar-refractivity contribution in [3.63, 3.8) is 0 Å². The topological polar surface area (TPSA) is 58.6 Å². The lowest BCUT2D eigenvalue weighted by atomic mass is 10.0. The van der Waals surface area contributed by atoms with Gasteiger partial charge in [-0.2, -0.15) is 0 Å². The van der Waals surface area contributed by atoms with Gasteiger partial charge in [-0.25, -0.2) is 0 Å². The van der Waals surface area contributed by atoms with E-state index in [-0.39, 0.29) is 24.5 Å². The summed E-state index contributed by atoms with van der Waals surface area (Å²) >= 11 is 0.